The lowest BCUT2D eigenvalue weighted by atomic mass is 9.86. The molecule has 0 atom stereocenters. The summed E-state index contributed by atoms with van der Waals surface area (Å²) >= 11 is 0. The van der Waals surface area contributed by atoms with Crippen LogP contribution in [0.2, 0.25) is 0 Å². The molecule has 2 aromatic heterocycles. The maximum Gasteiger partial charge on any atom is 0.237 e. The van der Waals surface area contributed by atoms with Crippen molar-refractivity contribution in [2.45, 2.75) is 33.1 Å². The van der Waals surface area contributed by atoms with Gasteiger partial charge in [0.15, 0.2) is 11.5 Å². The van der Waals surface area contributed by atoms with Crippen molar-refractivity contribution in [3.8, 4) is 11.5 Å². The fourth-order valence-corrected chi connectivity index (χ4v) is 3.51. The summed E-state index contributed by atoms with van der Waals surface area (Å²) in [4.78, 5) is 33.7. The molecule has 26 heavy (non-hydrogen) atoms. The highest BCUT2D eigenvalue weighted by atomic mass is 16.2. The summed E-state index contributed by atoms with van der Waals surface area (Å²) < 4.78 is 0. The van der Waals surface area contributed by atoms with Gasteiger partial charge in [-0.2, -0.15) is 5.10 Å². The lowest BCUT2D eigenvalue weighted by Gasteiger charge is -2.18. The van der Waals surface area contributed by atoms with Gasteiger partial charge in [0, 0.05) is 19.7 Å². The van der Waals surface area contributed by atoms with E-state index in [1.807, 2.05) is 32.9 Å². The van der Waals surface area contributed by atoms with Crippen LogP contribution < -0.4 is 10.2 Å². The third-order valence-electron chi connectivity index (χ3n) is 4.83. The minimum atomic E-state index is -0.571. The number of amides is 2. The highest BCUT2D eigenvalue weighted by Crippen LogP contribution is 2.43. The monoisotopic (exact) mass is 352 g/mol. The lowest BCUT2D eigenvalue weighted by molar-refractivity contribution is -0.122. The molecule has 1 aliphatic heterocycles. The first-order chi connectivity index (χ1) is 12.3. The number of nitrogens with zero attached hydrogens (tertiary/aromatic N) is 3. The van der Waals surface area contributed by atoms with Gasteiger partial charge in [0.1, 0.15) is 0 Å². The number of aromatic nitrogens is 4. The molecular weight excluding hydrogens is 332 g/mol. The average molecular weight is 352 g/mol. The van der Waals surface area contributed by atoms with Crippen LogP contribution in [0.15, 0.2) is 18.3 Å². The van der Waals surface area contributed by atoms with Crippen LogP contribution in [-0.4, -0.2) is 38.5 Å². The van der Waals surface area contributed by atoms with Crippen LogP contribution in [0, 0.1) is 0 Å². The first-order valence-electron chi connectivity index (χ1n) is 8.51. The van der Waals surface area contributed by atoms with Gasteiger partial charge in [-0.1, -0.05) is 0 Å². The second kappa shape index (κ2) is 5.42. The largest absolute Gasteiger partial charge is 0.337 e. The number of benzene rings is 1. The number of carbonyl (C=O) groups is 2. The van der Waals surface area contributed by atoms with E-state index in [2.05, 4.69) is 25.5 Å². The molecule has 1 aliphatic rings. The van der Waals surface area contributed by atoms with Crippen molar-refractivity contribution in [3.63, 3.8) is 0 Å². The van der Waals surface area contributed by atoms with Crippen molar-refractivity contribution in [3.05, 3.63) is 23.9 Å². The van der Waals surface area contributed by atoms with Crippen molar-refractivity contribution >= 4 is 34.2 Å². The number of likely N-dealkylation sites (N-methyl/N-ethyl adjacent to an activating group) is 1. The van der Waals surface area contributed by atoms with E-state index < -0.39 is 5.41 Å². The summed E-state index contributed by atoms with van der Waals surface area (Å²) in [6.07, 6.45) is 1.62. The number of carbonyl (C=O) groups excluding carboxylic acids is 2. The molecule has 0 radical (unpaired) electrons. The van der Waals surface area contributed by atoms with Gasteiger partial charge >= 0.3 is 0 Å². The fraction of sp³-hybridized carbons (Fsp3) is 0.333. The summed E-state index contributed by atoms with van der Waals surface area (Å²) in [5.74, 6) is 0.477. The number of aromatic amines is 2. The van der Waals surface area contributed by atoms with E-state index >= 15 is 0 Å². The molecule has 3 aromatic rings. The van der Waals surface area contributed by atoms with Gasteiger partial charge in [0.05, 0.1) is 27.8 Å². The Labute approximate surface area is 150 Å². The van der Waals surface area contributed by atoms with Gasteiger partial charge < -0.3 is 15.2 Å². The van der Waals surface area contributed by atoms with Crippen LogP contribution in [0.4, 0.5) is 11.4 Å². The average Bonchev–Trinajstić information content (AvgIpc) is 3.23. The Morgan fingerprint density at radius 2 is 2.12 bits per heavy atom. The first-order valence-corrected chi connectivity index (χ1v) is 8.51. The fourth-order valence-electron chi connectivity index (χ4n) is 3.51. The minimum absolute atomic E-state index is 0.100. The van der Waals surface area contributed by atoms with E-state index in [1.54, 1.807) is 11.1 Å². The Morgan fingerprint density at radius 1 is 1.35 bits per heavy atom. The van der Waals surface area contributed by atoms with Crippen LogP contribution in [-0.2, 0) is 15.0 Å². The second-order valence-corrected chi connectivity index (χ2v) is 6.98. The van der Waals surface area contributed by atoms with Gasteiger partial charge in [-0.25, -0.2) is 4.98 Å². The SMILES string of the molecule is CCN1C(=O)C(C)(C)c2cc3[nH]c(-c4n[nH]cc4NC(C)=O)nc3cc21. The van der Waals surface area contributed by atoms with Crippen LogP contribution in [0.5, 0.6) is 0 Å². The van der Waals surface area contributed by atoms with Crippen LogP contribution in [0.1, 0.15) is 33.3 Å². The quantitative estimate of drug-likeness (QED) is 0.673. The molecular formula is C18H20N6O2. The third-order valence-corrected chi connectivity index (χ3v) is 4.83. The van der Waals surface area contributed by atoms with Gasteiger partial charge in [-0.15, -0.1) is 0 Å². The molecule has 0 aliphatic carbocycles. The van der Waals surface area contributed by atoms with E-state index in [1.165, 1.54) is 6.92 Å². The van der Waals surface area contributed by atoms with E-state index in [-0.39, 0.29) is 11.8 Å². The smallest absolute Gasteiger partial charge is 0.237 e. The van der Waals surface area contributed by atoms with Crippen LogP contribution in [0.25, 0.3) is 22.6 Å². The summed E-state index contributed by atoms with van der Waals surface area (Å²) in [5.41, 5.74) is 3.99. The van der Waals surface area contributed by atoms with Gasteiger partial charge in [-0.05, 0) is 38.5 Å². The maximum absolute atomic E-state index is 12.7. The summed E-state index contributed by atoms with van der Waals surface area (Å²) in [7, 11) is 0. The number of imidazole rings is 1. The topological polar surface area (TPSA) is 107 Å². The minimum Gasteiger partial charge on any atom is -0.337 e. The molecule has 8 nitrogen and oxygen atoms in total. The molecule has 1 aromatic carbocycles. The zero-order chi connectivity index (χ0) is 18.6. The Kier molecular flexibility index (Phi) is 3.40. The number of H-pyrrole nitrogens is 2. The molecule has 3 N–H and O–H groups in total. The number of anilines is 2. The lowest BCUT2D eigenvalue weighted by Crippen LogP contribution is -2.35. The van der Waals surface area contributed by atoms with E-state index in [0.717, 1.165) is 22.3 Å². The Bertz CT molecular complexity index is 1050. The second-order valence-electron chi connectivity index (χ2n) is 6.98. The van der Waals surface area contributed by atoms with Crippen molar-refractivity contribution in [2.24, 2.45) is 0 Å². The predicted octanol–water partition coefficient (Wildman–Crippen LogP) is 2.56. The molecule has 0 saturated carbocycles. The van der Waals surface area contributed by atoms with Crippen molar-refractivity contribution in [1.29, 1.82) is 0 Å². The van der Waals surface area contributed by atoms with E-state index in [0.29, 0.717) is 23.8 Å². The molecule has 3 heterocycles. The number of hydrogen-bond acceptors (Lipinski definition) is 4. The van der Waals surface area contributed by atoms with Crippen LogP contribution in [0.3, 0.4) is 0 Å². The Morgan fingerprint density at radius 3 is 2.81 bits per heavy atom. The van der Waals surface area contributed by atoms with Gasteiger partial charge in [-0.3, -0.25) is 14.7 Å². The van der Waals surface area contributed by atoms with Crippen molar-refractivity contribution in [1.82, 2.24) is 20.2 Å². The molecule has 134 valence electrons. The molecule has 0 bridgehead atoms. The van der Waals surface area contributed by atoms with Crippen molar-refractivity contribution < 1.29 is 9.59 Å². The first kappa shape index (κ1) is 16.3. The molecule has 0 spiro atoms. The molecule has 0 fully saturated rings. The summed E-state index contributed by atoms with van der Waals surface area (Å²) in [6, 6.07) is 3.92. The number of nitrogens with one attached hydrogen (secondary N) is 3. The predicted molar refractivity (Wildman–Crippen MR) is 99.0 cm³/mol. The molecule has 0 saturated heterocycles. The number of rotatable bonds is 3. The van der Waals surface area contributed by atoms with Crippen LogP contribution >= 0.6 is 0 Å². The molecule has 8 heteroatoms. The number of fused-ring (bicyclic) bond motifs is 2. The van der Waals surface area contributed by atoms with Gasteiger partial charge in [0.25, 0.3) is 0 Å². The summed E-state index contributed by atoms with van der Waals surface area (Å²) in [5, 5.41) is 9.67. The zero-order valence-electron chi connectivity index (χ0n) is 15.1. The third kappa shape index (κ3) is 2.22. The maximum atomic E-state index is 12.7. The number of hydrogen-bond donors (Lipinski definition) is 3. The highest BCUT2D eigenvalue weighted by molar-refractivity contribution is 6.09. The van der Waals surface area contributed by atoms with Crippen molar-refractivity contribution in [2.75, 3.05) is 16.8 Å². The standard InChI is InChI=1S/C18H20N6O2/c1-5-24-14-7-12-11(6-10(14)18(3,4)17(24)26)21-16(22-12)15-13(8-19-23-15)20-9(2)25/h6-8H,5H2,1-4H3,(H,19,23)(H,20,25)(H,21,22). The highest BCUT2D eigenvalue weighted by Gasteiger charge is 2.43. The molecule has 4 rings (SSSR count). The molecule has 0 unspecified atom stereocenters. The Balaban J connectivity index is 1.85. The normalized spacial score (nSPS) is 15.5. The Hall–Kier alpha value is -3.16. The van der Waals surface area contributed by atoms with Gasteiger partial charge in [0.2, 0.25) is 11.8 Å². The molecule has 2 amide bonds. The summed E-state index contributed by atoms with van der Waals surface area (Å²) in [6.45, 7) is 7.90. The van der Waals surface area contributed by atoms with E-state index in [9.17, 15) is 9.59 Å². The van der Waals surface area contributed by atoms with E-state index in [4.69, 9.17) is 0 Å². The zero-order valence-corrected chi connectivity index (χ0v) is 15.1.